The van der Waals surface area contributed by atoms with Gasteiger partial charge in [-0.2, -0.15) is 0 Å². The lowest BCUT2D eigenvalue weighted by molar-refractivity contribution is -0.161. The molecular weight excluding hydrogens is 282 g/mol. The zero-order chi connectivity index (χ0) is 16.8. The Morgan fingerprint density at radius 1 is 1.32 bits per heavy atom. The van der Waals surface area contributed by atoms with E-state index in [-0.39, 0.29) is 24.0 Å². The van der Waals surface area contributed by atoms with E-state index < -0.39 is 5.60 Å². The molecule has 0 aromatic rings. The van der Waals surface area contributed by atoms with Crippen LogP contribution in [0.4, 0.5) is 0 Å². The fraction of sp³-hybridized carbons (Fsp3) is 0.875. The van der Waals surface area contributed by atoms with Crippen molar-refractivity contribution in [3.63, 3.8) is 0 Å². The molecule has 0 amide bonds. The van der Waals surface area contributed by atoms with Gasteiger partial charge in [-0.15, -0.1) is 0 Å². The topological polar surface area (TPSA) is 85.9 Å². The van der Waals surface area contributed by atoms with Crippen LogP contribution in [-0.4, -0.2) is 43.3 Å². The maximum atomic E-state index is 12.1. The van der Waals surface area contributed by atoms with E-state index in [4.69, 9.17) is 15.2 Å². The van der Waals surface area contributed by atoms with Crippen molar-refractivity contribution >= 4 is 11.9 Å². The molecular formula is C16H31N3O3. The second-order valence-electron chi connectivity index (χ2n) is 7.05. The molecule has 0 radical (unpaired) electrons. The lowest BCUT2D eigenvalue weighted by Crippen LogP contribution is -2.41. The summed E-state index contributed by atoms with van der Waals surface area (Å²) in [7, 11) is 1.66. The average molecular weight is 313 g/mol. The summed E-state index contributed by atoms with van der Waals surface area (Å²) in [6.45, 7) is 8.27. The lowest BCUT2D eigenvalue weighted by Gasteiger charge is -2.28. The van der Waals surface area contributed by atoms with Crippen molar-refractivity contribution in [1.29, 1.82) is 0 Å². The Morgan fingerprint density at radius 3 is 2.41 bits per heavy atom. The van der Waals surface area contributed by atoms with Crippen LogP contribution in [0, 0.1) is 5.92 Å². The summed E-state index contributed by atoms with van der Waals surface area (Å²) in [5.74, 6) is 0.354. The predicted octanol–water partition coefficient (Wildman–Crippen LogP) is 1.83. The van der Waals surface area contributed by atoms with Crippen LogP contribution in [0.15, 0.2) is 4.99 Å². The zero-order valence-electron chi connectivity index (χ0n) is 14.5. The third kappa shape index (κ3) is 7.11. The number of aliphatic imine (C=N–C) groups is 1. The largest absolute Gasteiger partial charge is 0.460 e. The molecule has 1 fully saturated rings. The normalized spacial score (nSPS) is 24.7. The van der Waals surface area contributed by atoms with E-state index in [0.717, 1.165) is 25.7 Å². The minimum atomic E-state index is -0.419. The van der Waals surface area contributed by atoms with Crippen molar-refractivity contribution in [1.82, 2.24) is 5.32 Å². The molecule has 1 unspecified atom stereocenters. The molecule has 1 atom stereocenters. The van der Waals surface area contributed by atoms with Crippen LogP contribution in [0.25, 0.3) is 0 Å². The number of guanidine groups is 1. The lowest BCUT2D eigenvalue weighted by atomic mass is 9.86. The fourth-order valence-corrected chi connectivity index (χ4v) is 2.60. The first kappa shape index (κ1) is 18.7. The van der Waals surface area contributed by atoms with Crippen LogP contribution in [0.5, 0.6) is 0 Å². The minimum Gasteiger partial charge on any atom is -0.460 e. The van der Waals surface area contributed by atoms with Crippen LogP contribution in [0.1, 0.15) is 53.4 Å². The van der Waals surface area contributed by atoms with Crippen molar-refractivity contribution in [2.75, 3.05) is 13.7 Å². The Bertz CT molecular complexity index is 383. The molecule has 6 heteroatoms. The number of carbonyl (C=O) groups is 1. The van der Waals surface area contributed by atoms with Crippen molar-refractivity contribution in [2.24, 2.45) is 16.6 Å². The van der Waals surface area contributed by atoms with Gasteiger partial charge in [-0.1, -0.05) is 0 Å². The van der Waals surface area contributed by atoms with E-state index in [0.29, 0.717) is 12.6 Å². The Kier molecular flexibility index (Phi) is 7.13. The van der Waals surface area contributed by atoms with Crippen molar-refractivity contribution in [3.8, 4) is 0 Å². The van der Waals surface area contributed by atoms with Gasteiger partial charge in [-0.25, -0.2) is 0 Å². The van der Waals surface area contributed by atoms with Gasteiger partial charge in [0.15, 0.2) is 5.96 Å². The Hall–Kier alpha value is -1.30. The van der Waals surface area contributed by atoms with Crippen molar-refractivity contribution in [2.45, 2.75) is 71.1 Å². The summed E-state index contributed by atoms with van der Waals surface area (Å²) >= 11 is 0. The summed E-state index contributed by atoms with van der Waals surface area (Å²) in [6, 6.07) is 0.313. The van der Waals surface area contributed by atoms with E-state index in [1.54, 1.807) is 7.11 Å². The maximum absolute atomic E-state index is 12.1. The quantitative estimate of drug-likeness (QED) is 0.459. The second-order valence-corrected chi connectivity index (χ2v) is 7.05. The first-order chi connectivity index (χ1) is 10.2. The number of nitrogens with one attached hydrogen (secondary N) is 1. The summed E-state index contributed by atoms with van der Waals surface area (Å²) in [4.78, 5) is 16.6. The van der Waals surface area contributed by atoms with Gasteiger partial charge in [0.2, 0.25) is 0 Å². The Balaban J connectivity index is 2.40. The predicted molar refractivity (Wildman–Crippen MR) is 87.7 cm³/mol. The summed E-state index contributed by atoms with van der Waals surface area (Å²) in [5.41, 5.74) is 5.49. The van der Waals surface area contributed by atoms with Crippen LogP contribution in [0.2, 0.25) is 0 Å². The van der Waals surface area contributed by atoms with Crippen LogP contribution < -0.4 is 11.1 Å². The second kappa shape index (κ2) is 8.36. The van der Waals surface area contributed by atoms with Crippen LogP contribution in [0.3, 0.4) is 0 Å². The van der Waals surface area contributed by atoms with Gasteiger partial charge in [0.25, 0.3) is 0 Å². The molecule has 0 heterocycles. The van der Waals surface area contributed by atoms with E-state index in [9.17, 15) is 4.79 Å². The molecule has 0 aromatic heterocycles. The van der Waals surface area contributed by atoms with Gasteiger partial charge in [-0.05, 0) is 53.4 Å². The first-order valence-corrected chi connectivity index (χ1v) is 8.03. The molecule has 1 rings (SSSR count). The number of rotatable bonds is 5. The summed E-state index contributed by atoms with van der Waals surface area (Å²) < 4.78 is 10.5. The minimum absolute atomic E-state index is 0.00715. The van der Waals surface area contributed by atoms with E-state index >= 15 is 0 Å². The monoisotopic (exact) mass is 313 g/mol. The number of nitrogens with two attached hydrogens (primary N) is 1. The molecule has 1 saturated carbocycles. The molecule has 0 spiro atoms. The fourth-order valence-electron chi connectivity index (χ4n) is 2.60. The number of esters is 1. The average Bonchev–Trinajstić information content (AvgIpc) is 2.37. The molecule has 0 aliphatic heterocycles. The van der Waals surface area contributed by atoms with Crippen LogP contribution in [-0.2, 0) is 14.3 Å². The SMILES string of the molecule is COCC(C)NC(N)=NC1CCC(C(=O)OC(C)(C)C)CC1. The van der Waals surface area contributed by atoms with Gasteiger partial charge in [-0.3, -0.25) is 9.79 Å². The molecule has 0 bridgehead atoms. The molecule has 3 N–H and O–H groups in total. The number of ether oxygens (including phenoxy) is 2. The highest BCUT2D eigenvalue weighted by atomic mass is 16.6. The third-order valence-electron chi connectivity index (χ3n) is 3.57. The number of carbonyl (C=O) groups excluding carboxylic acids is 1. The number of nitrogens with zero attached hydrogens (tertiary/aromatic N) is 1. The molecule has 0 saturated heterocycles. The Morgan fingerprint density at radius 2 is 1.91 bits per heavy atom. The van der Waals surface area contributed by atoms with Gasteiger partial charge in [0.05, 0.1) is 18.6 Å². The number of methoxy groups -OCH3 is 1. The molecule has 1 aliphatic rings. The highest BCUT2D eigenvalue weighted by Gasteiger charge is 2.29. The standard InChI is InChI=1S/C16H31N3O3/c1-11(10-21-5)18-15(17)19-13-8-6-12(7-9-13)14(20)22-16(2,3)4/h11-13H,6-10H2,1-5H3,(H3,17,18,19). The van der Waals surface area contributed by atoms with Crippen molar-refractivity contribution < 1.29 is 14.3 Å². The van der Waals surface area contributed by atoms with E-state index in [1.165, 1.54) is 0 Å². The highest BCUT2D eigenvalue weighted by molar-refractivity contribution is 5.78. The van der Waals surface area contributed by atoms with Gasteiger partial charge in [0.1, 0.15) is 5.60 Å². The van der Waals surface area contributed by atoms with Gasteiger partial charge in [0, 0.05) is 13.2 Å². The molecule has 0 aromatic carbocycles. The maximum Gasteiger partial charge on any atom is 0.309 e. The summed E-state index contributed by atoms with van der Waals surface area (Å²) in [5, 5.41) is 3.10. The Labute approximate surface area is 133 Å². The van der Waals surface area contributed by atoms with Crippen LogP contribution >= 0.6 is 0 Å². The third-order valence-corrected chi connectivity index (χ3v) is 3.57. The van der Waals surface area contributed by atoms with Gasteiger partial charge < -0.3 is 20.5 Å². The molecule has 1 aliphatic carbocycles. The number of hydrogen-bond acceptors (Lipinski definition) is 4. The molecule has 22 heavy (non-hydrogen) atoms. The van der Waals surface area contributed by atoms with Crippen molar-refractivity contribution in [3.05, 3.63) is 0 Å². The molecule has 128 valence electrons. The number of hydrogen-bond donors (Lipinski definition) is 2. The van der Waals surface area contributed by atoms with E-state index in [1.807, 2.05) is 27.7 Å². The summed E-state index contributed by atoms with van der Waals surface area (Å²) in [6.07, 6.45) is 3.35. The molecule has 6 nitrogen and oxygen atoms in total. The van der Waals surface area contributed by atoms with E-state index in [2.05, 4.69) is 10.3 Å². The highest BCUT2D eigenvalue weighted by Crippen LogP contribution is 2.28. The zero-order valence-corrected chi connectivity index (χ0v) is 14.5. The first-order valence-electron chi connectivity index (χ1n) is 8.03. The smallest absolute Gasteiger partial charge is 0.309 e. The van der Waals surface area contributed by atoms with Gasteiger partial charge >= 0.3 is 5.97 Å².